The zero-order chi connectivity index (χ0) is 47.3. The Morgan fingerprint density at radius 3 is 2.20 bits per heavy atom. The predicted molar refractivity (Wildman–Crippen MR) is 241 cm³/mol. The first-order valence-electron chi connectivity index (χ1n) is 23.3. The van der Waals surface area contributed by atoms with E-state index in [0.717, 1.165) is 64.2 Å². The average molecular weight is 931 g/mol. The molecular formula is C47H79O16P. The van der Waals surface area contributed by atoms with Gasteiger partial charge in [0.1, 0.15) is 31.0 Å². The Labute approximate surface area is 380 Å². The van der Waals surface area contributed by atoms with Gasteiger partial charge in [0.15, 0.2) is 6.10 Å². The average Bonchev–Trinajstić information content (AvgIpc) is 3.26. The van der Waals surface area contributed by atoms with Gasteiger partial charge in [-0.25, -0.2) is 4.57 Å². The number of hydrogen-bond donors (Lipinski definition) is 9. The van der Waals surface area contributed by atoms with Crippen LogP contribution in [0.5, 0.6) is 0 Å². The summed E-state index contributed by atoms with van der Waals surface area (Å²) >= 11 is 0. The minimum atomic E-state index is -5.45. The summed E-state index contributed by atoms with van der Waals surface area (Å²) in [5, 5.41) is 90.1. The topological polar surface area (TPSA) is 270 Å². The van der Waals surface area contributed by atoms with Gasteiger partial charge in [0, 0.05) is 31.1 Å². The van der Waals surface area contributed by atoms with Crippen molar-refractivity contribution in [3.63, 3.8) is 0 Å². The van der Waals surface area contributed by atoms with E-state index >= 15 is 0 Å². The van der Waals surface area contributed by atoms with Crippen molar-refractivity contribution in [2.75, 3.05) is 13.2 Å². The van der Waals surface area contributed by atoms with Crippen LogP contribution in [0.3, 0.4) is 0 Å². The molecule has 0 radical (unpaired) electrons. The largest absolute Gasteiger partial charge is 0.472 e. The molecule has 2 rings (SSSR count). The molecule has 0 amide bonds. The predicted octanol–water partition coefficient (Wildman–Crippen LogP) is 5.32. The van der Waals surface area contributed by atoms with Gasteiger partial charge in [-0.15, -0.1) is 0 Å². The van der Waals surface area contributed by atoms with Gasteiger partial charge in [0.2, 0.25) is 0 Å². The van der Waals surface area contributed by atoms with Crippen LogP contribution in [0, 0.1) is 11.8 Å². The molecule has 0 aromatic rings. The van der Waals surface area contributed by atoms with Crippen LogP contribution in [0.1, 0.15) is 136 Å². The monoisotopic (exact) mass is 931 g/mol. The number of allylic oxidation sites excluding steroid dienone is 8. The molecule has 1 aliphatic carbocycles. The normalized spacial score (nSPS) is 33.2. The molecule has 64 heavy (non-hydrogen) atoms. The Bertz CT molecular complexity index is 1480. The van der Waals surface area contributed by atoms with Crippen LogP contribution in [-0.2, 0) is 32.7 Å². The van der Waals surface area contributed by atoms with Crippen molar-refractivity contribution < 1.29 is 78.4 Å². The second-order valence-electron chi connectivity index (χ2n) is 16.8. The molecule has 0 spiro atoms. The summed E-state index contributed by atoms with van der Waals surface area (Å²) in [4.78, 5) is 36.4. The van der Waals surface area contributed by atoms with Crippen molar-refractivity contribution in [1.82, 2.24) is 0 Å². The van der Waals surface area contributed by atoms with Crippen LogP contribution in [0.4, 0.5) is 0 Å². The minimum Gasteiger partial charge on any atom is -0.462 e. The van der Waals surface area contributed by atoms with Gasteiger partial charge < -0.3 is 55.2 Å². The third-order valence-corrected chi connectivity index (χ3v) is 12.4. The lowest BCUT2D eigenvalue weighted by Gasteiger charge is -2.37. The second kappa shape index (κ2) is 33.0. The lowest BCUT2D eigenvalue weighted by Crippen LogP contribution is -2.55. The Hall–Kier alpha value is -2.57. The first-order valence-corrected chi connectivity index (χ1v) is 24.8. The molecule has 0 saturated heterocycles. The van der Waals surface area contributed by atoms with Crippen molar-refractivity contribution in [2.24, 2.45) is 11.8 Å². The number of phosphoric acid groups is 1. The maximum absolute atomic E-state index is 13.5. The zero-order valence-electron chi connectivity index (χ0n) is 37.9. The highest BCUT2D eigenvalue weighted by atomic mass is 31.2. The van der Waals surface area contributed by atoms with E-state index in [2.05, 4.69) is 43.4 Å². The summed E-state index contributed by atoms with van der Waals surface area (Å²) in [5.74, 6) is -4.07. The van der Waals surface area contributed by atoms with Gasteiger partial charge in [-0.1, -0.05) is 113 Å². The fourth-order valence-electron chi connectivity index (χ4n) is 7.53. The van der Waals surface area contributed by atoms with Gasteiger partial charge in [-0.2, -0.15) is 0 Å². The van der Waals surface area contributed by atoms with Crippen LogP contribution in [0.15, 0.2) is 60.8 Å². The van der Waals surface area contributed by atoms with Crippen LogP contribution in [-0.4, -0.2) is 132 Å². The Morgan fingerprint density at radius 2 is 1.48 bits per heavy atom. The van der Waals surface area contributed by atoms with E-state index in [1.807, 2.05) is 6.92 Å². The molecule has 0 aromatic carbocycles. The number of phosphoric ester groups is 1. The molecule has 1 aliphatic heterocycles. The molecular weight excluding hydrogens is 851 g/mol. The first-order chi connectivity index (χ1) is 30.6. The number of unbranched alkanes of at least 4 members (excludes halogenated alkanes) is 7. The SMILES string of the molecule is CC/C=C\C/C=C\C/C=C\CCCCCCCC(=O)O[C@@H]1COC(=O)CCC/C=C/C[C@@H]2[C@@H](O)[C@H](O)[C@@H](O)[C@H](OP(=O)(O)OC1)[C@H](O)[C@H](O)[C@@H](/C=C/[C@@H](O)CCCCC)[C@H](O)C[C@@H]2O. The van der Waals surface area contributed by atoms with Gasteiger partial charge in [-0.05, 0) is 64.2 Å². The molecule has 1 saturated carbocycles. The fourth-order valence-corrected chi connectivity index (χ4v) is 8.50. The highest BCUT2D eigenvalue weighted by molar-refractivity contribution is 7.47. The molecule has 2 bridgehead atoms. The first kappa shape index (κ1) is 57.6. The summed E-state index contributed by atoms with van der Waals surface area (Å²) in [6.07, 6.45) is 10.3. The summed E-state index contributed by atoms with van der Waals surface area (Å²) in [7, 11) is -5.45. The Kier molecular flexibility index (Phi) is 29.7. The molecule has 13 atom stereocenters. The number of cyclic esters (lactones) is 1. The smallest absolute Gasteiger partial charge is 0.462 e. The van der Waals surface area contributed by atoms with E-state index in [1.54, 1.807) is 12.2 Å². The number of aliphatic hydroxyl groups is 8. The lowest BCUT2D eigenvalue weighted by molar-refractivity contribution is -0.167. The molecule has 1 heterocycles. The third-order valence-electron chi connectivity index (χ3n) is 11.4. The number of ether oxygens (including phenoxy) is 2. The molecule has 16 nitrogen and oxygen atoms in total. The molecule has 9 N–H and O–H groups in total. The Morgan fingerprint density at radius 1 is 0.812 bits per heavy atom. The molecule has 0 aromatic heterocycles. The van der Waals surface area contributed by atoms with Gasteiger partial charge >= 0.3 is 19.8 Å². The van der Waals surface area contributed by atoms with Crippen LogP contribution < -0.4 is 0 Å². The van der Waals surface area contributed by atoms with Crippen molar-refractivity contribution in [3.05, 3.63) is 60.8 Å². The van der Waals surface area contributed by atoms with Crippen LogP contribution >= 0.6 is 7.82 Å². The van der Waals surface area contributed by atoms with E-state index in [-0.39, 0.29) is 19.3 Å². The third kappa shape index (κ3) is 23.2. The molecule has 2 aliphatic rings. The van der Waals surface area contributed by atoms with E-state index < -0.39 is 112 Å². The Balaban J connectivity index is 2.22. The summed E-state index contributed by atoms with van der Waals surface area (Å²) in [5.41, 5.74) is 0. The number of fused-ring (bicyclic) bond motifs is 4. The molecule has 1 fully saturated rings. The van der Waals surface area contributed by atoms with E-state index in [4.69, 9.17) is 18.5 Å². The number of carbonyl (C=O) groups excluding carboxylic acids is 2. The molecule has 17 heteroatoms. The molecule has 368 valence electrons. The summed E-state index contributed by atoms with van der Waals surface area (Å²) in [6.45, 7) is 2.68. The van der Waals surface area contributed by atoms with Gasteiger partial charge in [0.05, 0.1) is 37.1 Å². The maximum atomic E-state index is 13.5. The molecule has 1 unspecified atom stereocenters. The van der Waals surface area contributed by atoms with Crippen LogP contribution in [0.2, 0.25) is 0 Å². The number of esters is 2. The van der Waals surface area contributed by atoms with E-state index in [9.17, 15) is 59.9 Å². The summed E-state index contributed by atoms with van der Waals surface area (Å²) < 4.78 is 34.7. The zero-order valence-corrected chi connectivity index (χ0v) is 38.8. The second-order valence-corrected chi connectivity index (χ2v) is 18.2. The number of hydrogen-bond acceptors (Lipinski definition) is 15. The quantitative estimate of drug-likeness (QED) is 0.0323. The summed E-state index contributed by atoms with van der Waals surface area (Å²) in [6, 6.07) is 0. The number of rotatable bonds is 20. The highest BCUT2D eigenvalue weighted by Gasteiger charge is 2.49. The number of aliphatic hydroxyl groups excluding tert-OH is 8. The van der Waals surface area contributed by atoms with E-state index in [1.165, 1.54) is 12.2 Å². The highest BCUT2D eigenvalue weighted by Crippen LogP contribution is 2.47. The van der Waals surface area contributed by atoms with Crippen molar-refractivity contribution in [3.8, 4) is 0 Å². The standard InChI is InChI=1S/C47H79O16P/c1-3-5-7-8-9-10-11-12-13-14-15-16-17-18-24-28-41(52)62-35-32-60-40(51)27-23-20-19-22-26-36-38(49)31-39(50)37(30-29-34(48)25-21-6-4-2)43(54)45(56)47(46(57)44(55)42(36)53)63-64(58,59)61-33-35/h5,7,9-10,12-13,19,22,29-30,34-39,42-50,53-57H,3-4,6,8,11,14-18,20-21,23-28,31-33H2,1-2H3,(H,58,59)/b7-5-,10-9-,13-12-,22-19+,30-29+/t34-,35+,36-,37-,38-,39+,42+,43+,44-,45+,46+,47+/m0/s1. The van der Waals surface area contributed by atoms with Gasteiger partial charge in [-0.3, -0.25) is 18.6 Å². The fraction of sp³-hybridized carbons (Fsp3) is 0.745. The van der Waals surface area contributed by atoms with Gasteiger partial charge in [0.25, 0.3) is 0 Å². The maximum Gasteiger partial charge on any atom is 0.472 e. The lowest BCUT2D eigenvalue weighted by atomic mass is 9.83. The van der Waals surface area contributed by atoms with Crippen molar-refractivity contribution in [2.45, 2.75) is 197 Å². The van der Waals surface area contributed by atoms with Crippen molar-refractivity contribution >= 4 is 19.8 Å². The number of carbonyl (C=O) groups is 2. The minimum absolute atomic E-state index is 0.00916. The van der Waals surface area contributed by atoms with Crippen molar-refractivity contribution in [1.29, 1.82) is 0 Å². The van der Waals surface area contributed by atoms with Crippen LogP contribution in [0.25, 0.3) is 0 Å². The van der Waals surface area contributed by atoms with E-state index in [0.29, 0.717) is 32.1 Å².